The number of aryl methyl sites for hydroxylation is 1. The second-order valence-electron chi connectivity index (χ2n) is 5.68. The number of aliphatic hydroxyl groups is 1. The van der Waals surface area contributed by atoms with Crippen LogP contribution in [0.5, 0.6) is 0 Å². The minimum atomic E-state index is -0.640. The molecule has 1 aliphatic rings. The van der Waals surface area contributed by atoms with Gasteiger partial charge in [0.15, 0.2) is 0 Å². The van der Waals surface area contributed by atoms with Crippen LogP contribution in [0, 0.1) is 5.82 Å². The Morgan fingerprint density at radius 3 is 2.62 bits per heavy atom. The first-order valence-electron chi connectivity index (χ1n) is 7.44. The van der Waals surface area contributed by atoms with Crippen LogP contribution in [0.2, 0.25) is 0 Å². The van der Waals surface area contributed by atoms with Gasteiger partial charge in [-0.3, -0.25) is 0 Å². The fourth-order valence-electron chi connectivity index (χ4n) is 2.95. The summed E-state index contributed by atoms with van der Waals surface area (Å²) >= 11 is 0. The second kappa shape index (κ2) is 5.86. The van der Waals surface area contributed by atoms with Crippen molar-refractivity contribution < 1.29 is 9.50 Å². The lowest BCUT2D eigenvalue weighted by Gasteiger charge is -2.24. The lowest BCUT2D eigenvalue weighted by Crippen LogP contribution is -2.23. The quantitative estimate of drug-likeness (QED) is 0.906. The molecule has 2 nitrogen and oxygen atoms in total. The topological polar surface area (TPSA) is 23.5 Å². The minimum absolute atomic E-state index is 0.257. The normalized spacial score (nSPS) is 16.2. The maximum Gasteiger partial charge on any atom is 0.146 e. The highest BCUT2D eigenvalue weighted by Crippen LogP contribution is 2.28. The van der Waals surface area contributed by atoms with E-state index in [0.29, 0.717) is 11.3 Å². The molecule has 0 amide bonds. The first-order valence-corrected chi connectivity index (χ1v) is 7.44. The third-order valence-electron chi connectivity index (χ3n) is 4.15. The van der Waals surface area contributed by atoms with E-state index in [4.69, 9.17) is 0 Å². The predicted octanol–water partition coefficient (Wildman–Crippen LogP) is 3.83. The Kier molecular flexibility index (Phi) is 3.93. The number of anilines is 1. The number of hydrogen-bond donors (Lipinski definition) is 1. The van der Waals surface area contributed by atoms with Gasteiger partial charge in [0.25, 0.3) is 0 Å². The number of fused-ring (bicyclic) bond motifs is 1. The highest BCUT2D eigenvalue weighted by atomic mass is 19.1. The molecule has 1 N–H and O–H groups in total. The molecule has 0 saturated carbocycles. The average molecular weight is 285 g/mol. The Morgan fingerprint density at radius 1 is 1.14 bits per heavy atom. The first kappa shape index (κ1) is 14.1. The lowest BCUT2D eigenvalue weighted by molar-refractivity contribution is 0.199. The van der Waals surface area contributed by atoms with Gasteiger partial charge in [-0.25, -0.2) is 4.39 Å². The predicted molar refractivity (Wildman–Crippen MR) is 82.8 cm³/mol. The van der Waals surface area contributed by atoms with E-state index in [9.17, 15) is 9.50 Å². The summed E-state index contributed by atoms with van der Waals surface area (Å²) in [7, 11) is 0. The molecule has 1 aliphatic heterocycles. The van der Waals surface area contributed by atoms with E-state index >= 15 is 0 Å². The molecule has 0 fully saturated rings. The van der Waals surface area contributed by atoms with Crippen LogP contribution in [0.15, 0.2) is 42.5 Å². The fourth-order valence-corrected chi connectivity index (χ4v) is 2.95. The molecule has 1 unspecified atom stereocenters. The van der Waals surface area contributed by atoms with Crippen LogP contribution in [-0.2, 0) is 13.0 Å². The third-order valence-corrected chi connectivity index (χ3v) is 4.15. The number of halogens is 1. The molecule has 110 valence electrons. The van der Waals surface area contributed by atoms with Crippen LogP contribution in [0.4, 0.5) is 10.1 Å². The number of nitrogens with zero attached hydrogens (tertiary/aromatic N) is 1. The van der Waals surface area contributed by atoms with E-state index in [1.54, 1.807) is 19.1 Å². The zero-order chi connectivity index (χ0) is 14.8. The van der Waals surface area contributed by atoms with Crippen molar-refractivity contribution in [1.82, 2.24) is 0 Å². The van der Waals surface area contributed by atoms with Gasteiger partial charge < -0.3 is 10.0 Å². The number of benzene rings is 2. The molecule has 0 aliphatic carbocycles. The lowest BCUT2D eigenvalue weighted by atomic mass is 10.0. The van der Waals surface area contributed by atoms with Crippen LogP contribution in [0.3, 0.4) is 0 Å². The van der Waals surface area contributed by atoms with Crippen LogP contribution in [-0.4, -0.2) is 11.7 Å². The van der Waals surface area contributed by atoms with Gasteiger partial charge in [-0.15, -0.1) is 0 Å². The van der Waals surface area contributed by atoms with Crippen molar-refractivity contribution in [2.75, 3.05) is 11.4 Å². The summed E-state index contributed by atoms with van der Waals surface area (Å²) in [6.07, 6.45) is 1.42. The summed E-state index contributed by atoms with van der Waals surface area (Å²) in [5.41, 5.74) is 3.87. The average Bonchev–Trinajstić information content (AvgIpc) is 2.69. The molecule has 1 atom stereocenters. The van der Waals surface area contributed by atoms with E-state index < -0.39 is 6.10 Å². The summed E-state index contributed by atoms with van der Waals surface area (Å²) in [5, 5.41) is 9.54. The Morgan fingerprint density at radius 2 is 1.90 bits per heavy atom. The van der Waals surface area contributed by atoms with Crippen molar-refractivity contribution in [3.05, 3.63) is 65.0 Å². The third kappa shape index (κ3) is 2.93. The Balaban J connectivity index is 1.91. The summed E-state index contributed by atoms with van der Waals surface area (Å²) in [4.78, 5) is 2.09. The van der Waals surface area contributed by atoms with Gasteiger partial charge in [0.2, 0.25) is 0 Å². The van der Waals surface area contributed by atoms with E-state index in [-0.39, 0.29) is 5.82 Å². The molecule has 0 aromatic heterocycles. The maximum absolute atomic E-state index is 14.4. The Labute approximate surface area is 124 Å². The van der Waals surface area contributed by atoms with Gasteiger partial charge in [-0.2, -0.15) is 0 Å². The molecule has 3 heteroatoms. The van der Waals surface area contributed by atoms with Crippen molar-refractivity contribution in [2.24, 2.45) is 0 Å². The zero-order valence-corrected chi connectivity index (χ0v) is 12.2. The highest BCUT2D eigenvalue weighted by Gasteiger charge is 2.17. The highest BCUT2D eigenvalue weighted by molar-refractivity contribution is 5.51. The van der Waals surface area contributed by atoms with Crippen LogP contribution in [0.1, 0.15) is 36.1 Å². The smallest absolute Gasteiger partial charge is 0.146 e. The minimum Gasteiger partial charge on any atom is -0.389 e. The molecule has 2 aromatic carbocycles. The van der Waals surface area contributed by atoms with Crippen molar-refractivity contribution in [2.45, 2.75) is 32.4 Å². The van der Waals surface area contributed by atoms with Crippen molar-refractivity contribution in [1.29, 1.82) is 0 Å². The van der Waals surface area contributed by atoms with Crippen molar-refractivity contribution in [3.63, 3.8) is 0 Å². The van der Waals surface area contributed by atoms with Gasteiger partial charge in [0.1, 0.15) is 5.82 Å². The van der Waals surface area contributed by atoms with E-state index in [1.807, 2.05) is 6.07 Å². The molecule has 2 aromatic rings. The Bertz CT molecular complexity index is 639. The monoisotopic (exact) mass is 285 g/mol. The van der Waals surface area contributed by atoms with Crippen molar-refractivity contribution in [3.8, 4) is 0 Å². The van der Waals surface area contributed by atoms with E-state index in [2.05, 4.69) is 23.1 Å². The summed E-state index contributed by atoms with van der Waals surface area (Å²) in [6, 6.07) is 13.4. The fraction of sp³-hybridized carbons (Fsp3) is 0.333. The van der Waals surface area contributed by atoms with E-state index in [1.165, 1.54) is 17.2 Å². The van der Waals surface area contributed by atoms with Gasteiger partial charge in [0.05, 0.1) is 11.8 Å². The number of hydrogen-bond acceptors (Lipinski definition) is 2. The van der Waals surface area contributed by atoms with Gasteiger partial charge in [-0.05, 0) is 48.6 Å². The Hall–Kier alpha value is -1.87. The molecule has 0 radical (unpaired) electrons. The van der Waals surface area contributed by atoms with Crippen LogP contribution >= 0.6 is 0 Å². The second-order valence-corrected chi connectivity index (χ2v) is 5.68. The molecule has 3 rings (SSSR count). The molecule has 0 spiro atoms. The maximum atomic E-state index is 14.4. The molecular weight excluding hydrogens is 265 g/mol. The van der Waals surface area contributed by atoms with Crippen molar-refractivity contribution >= 4 is 5.69 Å². The molecular formula is C18H20FNO. The molecule has 0 saturated heterocycles. The molecule has 21 heavy (non-hydrogen) atoms. The van der Waals surface area contributed by atoms with Crippen LogP contribution in [0.25, 0.3) is 0 Å². The number of rotatable bonds is 2. The van der Waals surface area contributed by atoms with E-state index in [0.717, 1.165) is 25.9 Å². The summed E-state index contributed by atoms with van der Waals surface area (Å²) < 4.78 is 14.4. The largest absolute Gasteiger partial charge is 0.389 e. The molecule has 1 heterocycles. The van der Waals surface area contributed by atoms with Crippen LogP contribution < -0.4 is 4.90 Å². The van der Waals surface area contributed by atoms with Gasteiger partial charge >= 0.3 is 0 Å². The SMILES string of the molecule is CC(O)c1ccc(N2CCCc3ccccc3C2)c(F)c1. The summed E-state index contributed by atoms with van der Waals surface area (Å²) in [5.74, 6) is -0.257. The summed E-state index contributed by atoms with van der Waals surface area (Å²) in [6.45, 7) is 3.23. The first-order chi connectivity index (χ1) is 10.1. The molecule has 0 bridgehead atoms. The van der Waals surface area contributed by atoms with Gasteiger partial charge in [0, 0.05) is 13.1 Å². The zero-order valence-electron chi connectivity index (χ0n) is 12.2. The number of aliphatic hydroxyl groups excluding tert-OH is 1. The standard InChI is InChI=1S/C18H20FNO/c1-13(21)15-8-9-18(17(19)11-15)20-10-4-7-14-5-2-3-6-16(14)12-20/h2-3,5-6,8-9,11,13,21H,4,7,10,12H2,1H3. The van der Waals surface area contributed by atoms with Gasteiger partial charge in [-0.1, -0.05) is 30.3 Å².